The van der Waals surface area contributed by atoms with E-state index < -0.39 is 0 Å². The van der Waals surface area contributed by atoms with E-state index in [-0.39, 0.29) is 5.54 Å². The van der Waals surface area contributed by atoms with E-state index in [9.17, 15) is 5.26 Å². The Hall–Kier alpha value is -0.590. The summed E-state index contributed by atoms with van der Waals surface area (Å²) >= 11 is 0. The highest BCUT2D eigenvalue weighted by atomic mass is 15.2. The first-order valence-electron chi connectivity index (χ1n) is 8.00. The van der Waals surface area contributed by atoms with Crippen molar-refractivity contribution in [3.8, 4) is 6.07 Å². The van der Waals surface area contributed by atoms with E-state index in [1.807, 2.05) is 0 Å². The van der Waals surface area contributed by atoms with Crippen LogP contribution < -0.4 is 5.32 Å². The molecule has 3 heteroatoms. The summed E-state index contributed by atoms with van der Waals surface area (Å²) in [5, 5.41) is 13.0. The molecule has 0 aliphatic carbocycles. The summed E-state index contributed by atoms with van der Waals surface area (Å²) in [5.74, 6) is 0. The molecule has 110 valence electrons. The summed E-state index contributed by atoms with van der Waals surface area (Å²) in [6, 6.07) is 3.68. The molecule has 0 aromatic rings. The molecule has 0 aromatic carbocycles. The predicted octanol–water partition coefficient (Wildman–Crippen LogP) is 3.31. The van der Waals surface area contributed by atoms with Gasteiger partial charge in [-0.3, -0.25) is 5.32 Å². The summed E-state index contributed by atoms with van der Waals surface area (Å²) in [6.45, 7) is 11.0. The van der Waals surface area contributed by atoms with Crippen LogP contribution in [0.2, 0.25) is 0 Å². The maximum atomic E-state index is 9.49. The lowest BCUT2D eigenvalue weighted by Gasteiger charge is -2.30. The highest BCUT2D eigenvalue weighted by Crippen LogP contribution is 2.22. The maximum absolute atomic E-state index is 9.49. The molecule has 2 atom stereocenters. The quantitative estimate of drug-likeness (QED) is 0.732. The highest BCUT2D eigenvalue weighted by molar-refractivity contribution is 5.07. The lowest BCUT2D eigenvalue weighted by atomic mass is 9.91. The van der Waals surface area contributed by atoms with Gasteiger partial charge in [0.1, 0.15) is 5.54 Å². The zero-order chi connectivity index (χ0) is 14.3. The molecule has 1 rings (SSSR count). The fraction of sp³-hybridized carbons (Fsp3) is 0.938. The monoisotopic (exact) mass is 265 g/mol. The highest BCUT2D eigenvalue weighted by Gasteiger charge is 2.29. The van der Waals surface area contributed by atoms with Gasteiger partial charge in [-0.25, -0.2) is 0 Å². The van der Waals surface area contributed by atoms with Crippen molar-refractivity contribution in [2.75, 3.05) is 13.1 Å². The second kappa shape index (κ2) is 7.87. The summed E-state index contributed by atoms with van der Waals surface area (Å²) in [4.78, 5) is 2.62. The number of rotatable bonds is 8. The number of hydrogen-bond acceptors (Lipinski definition) is 3. The minimum Gasteiger partial charge on any atom is -0.300 e. The van der Waals surface area contributed by atoms with Gasteiger partial charge in [-0.15, -0.1) is 0 Å². The number of hydrogen-bond donors (Lipinski definition) is 1. The van der Waals surface area contributed by atoms with Gasteiger partial charge >= 0.3 is 0 Å². The zero-order valence-corrected chi connectivity index (χ0v) is 13.2. The maximum Gasteiger partial charge on any atom is 0.106 e. The second-order valence-corrected chi connectivity index (χ2v) is 6.19. The molecular formula is C16H31N3. The molecule has 1 aliphatic heterocycles. The van der Waals surface area contributed by atoms with Crippen LogP contribution in [0.25, 0.3) is 0 Å². The minimum absolute atomic E-state index is 0.324. The average molecular weight is 265 g/mol. The van der Waals surface area contributed by atoms with Crippen molar-refractivity contribution in [2.45, 2.75) is 83.8 Å². The van der Waals surface area contributed by atoms with Crippen LogP contribution in [-0.2, 0) is 0 Å². The SMILES string of the molecule is CCC1CCCN1CCCC(C#N)(CC)NC(C)C. The first-order valence-corrected chi connectivity index (χ1v) is 8.00. The topological polar surface area (TPSA) is 39.1 Å². The fourth-order valence-electron chi connectivity index (χ4n) is 3.31. The van der Waals surface area contributed by atoms with Gasteiger partial charge in [-0.05, 0) is 65.5 Å². The van der Waals surface area contributed by atoms with Crippen LogP contribution in [0, 0.1) is 11.3 Å². The van der Waals surface area contributed by atoms with Gasteiger partial charge in [-0.2, -0.15) is 5.26 Å². The molecule has 0 radical (unpaired) electrons. The van der Waals surface area contributed by atoms with E-state index in [1.165, 1.54) is 25.8 Å². The Kier molecular flexibility index (Phi) is 6.82. The van der Waals surface area contributed by atoms with Crippen LogP contribution in [0.3, 0.4) is 0 Å². The summed E-state index contributed by atoms with van der Waals surface area (Å²) in [5.41, 5.74) is -0.324. The Morgan fingerprint density at radius 1 is 1.42 bits per heavy atom. The first-order chi connectivity index (χ1) is 9.06. The normalized spacial score (nSPS) is 23.5. The van der Waals surface area contributed by atoms with Crippen LogP contribution in [0.4, 0.5) is 0 Å². The number of nitrogens with one attached hydrogen (secondary N) is 1. The smallest absolute Gasteiger partial charge is 0.106 e. The Balaban J connectivity index is 2.42. The molecule has 0 bridgehead atoms. The van der Waals surface area contributed by atoms with Gasteiger partial charge in [0.25, 0.3) is 0 Å². The second-order valence-electron chi connectivity index (χ2n) is 6.19. The van der Waals surface area contributed by atoms with Gasteiger partial charge < -0.3 is 4.90 Å². The Morgan fingerprint density at radius 3 is 2.68 bits per heavy atom. The number of nitrogens with zero attached hydrogens (tertiary/aromatic N) is 2. The summed E-state index contributed by atoms with van der Waals surface area (Å²) in [6.07, 6.45) is 6.95. The first kappa shape index (κ1) is 16.5. The van der Waals surface area contributed by atoms with Gasteiger partial charge in [0.2, 0.25) is 0 Å². The van der Waals surface area contributed by atoms with Gasteiger partial charge in [0, 0.05) is 12.1 Å². The molecule has 0 spiro atoms. The number of nitriles is 1. The van der Waals surface area contributed by atoms with E-state index in [0.717, 1.165) is 31.8 Å². The molecule has 1 N–H and O–H groups in total. The molecular weight excluding hydrogens is 234 g/mol. The van der Waals surface area contributed by atoms with Crippen molar-refractivity contribution in [3.05, 3.63) is 0 Å². The predicted molar refractivity (Wildman–Crippen MR) is 81.0 cm³/mol. The summed E-state index contributed by atoms with van der Waals surface area (Å²) in [7, 11) is 0. The third-order valence-corrected chi connectivity index (χ3v) is 4.40. The van der Waals surface area contributed by atoms with Gasteiger partial charge in [-0.1, -0.05) is 13.8 Å². The van der Waals surface area contributed by atoms with Gasteiger partial charge in [0.05, 0.1) is 6.07 Å². The van der Waals surface area contributed by atoms with Crippen LogP contribution >= 0.6 is 0 Å². The van der Waals surface area contributed by atoms with E-state index >= 15 is 0 Å². The van der Waals surface area contributed by atoms with Crippen molar-refractivity contribution in [2.24, 2.45) is 0 Å². The van der Waals surface area contributed by atoms with Crippen molar-refractivity contribution in [3.63, 3.8) is 0 Å². The van der Waals surface area contributed by atoms with Crippen molar-refractivity contribution < 1.29 is 0 Å². The minimum atomic E-state index is -0.324. The zero-order valence-electron chi connectivity index (χ0n) is 13.2. The molecule has 0 saturated carbocycles. The van der Waals surface area contributed by atoms with E-state index in [1.54, 1.807) is 0 Å². The van der Waals surface area contributed by atoms with Crippen LogP contribution in [-0.4, -0.2) is 35.6 Å². The van der Waals surface area contributed by atoms with Crippen LogP contribution in [0.15, 0.2) is 0 Å². The molecule has 3 nitrogen and oxygen atoms in total. The van der Waals surface area contributed by atoms with Crippen molar-refractivity contribution in [1.82, 2.24) is 10.2 Å². The molecule has 2 unspecified atom stereocenters. The molecule has 0 aromatic heterocycles. The lowest BCUT2D eigenvalue weighted by molar-refractivity contribution is 0.229. The van der Waals surface area contributed by atoms with E-state index in [4.69, 9.17) is 0 Å². The average Bonchev–Trinajstić information content (AvgIpc) is 2.84. The molecule has 1 saturated heterocycles. The Labute approximate surface area is 119 Å². The van der Waals surface area contributed by atoms with Crippen molar-refractivity contribution >= 4 is 0 Å². The molecule has 1 aliphatic rings. The third-order valence-electron chi connectivity index (χ3n) is 4.40. The lowest BCUT2D eigenvalue weighted by Crippen LogP contribution is -2.47. The third kappa shape index (κ3) is 4.78. The Bertz CT molecular complexity index is 295. The van der Waals surface area contributed by atoms with E-state index in [2.05, 4.69) is 44.0 Å². The number of likely N-dealkylation sites (tertiary alicyclic amines) is 1. The van der Waals surface area contributed by atoms with E-state index in [0.29, 0.717) is 6.04 Å². The molecule has 0 amide bonds. The van der Waals surface area contributed by atoms with Crippen molar-refractivity contribution in [1.29, 1.82) is 5.26 Å². The molecule has 1 heterocycles. The van der Waals surface area contributed by atoms with Gasteiger partial charge in [0.15, 0.2) is 0 Å². The van der Waals surface area contributed by atoms with Crippen LogP contribution in [0.1, 0.15) is 66.2 Å². The fourth-order valence-corrected chi connectivity index (χ4v) is 3.31. The molecule has 19 heavy (non-hydrogen) atoms. The summed E-state index contributed by atoms with van der Waals surface area (Å²) < 4.78 is 0. The molecule has 1 fully saturated rings. The largest absolute Gasteiger partial charge is 0.300 e. The van der Waals surface area contributed by atoms with Crippen LogP contribution in [0.5, 0.6) is 0 Å². The standard InChI is InChI=1S/C16H31N3/c1-5-15-9-7-11-19(15)12-8-10-16(6-2,13-17)18-14(3)4/h14-15,18H,5-12H2,1-4H3. The Morgan fingerprint density at radius 2 is 2.16 bits per heavy atom.